The standard InChI is InChI=1S/C14H23N5S/c1-5-18(6-2)20-12-7-8-13-16-17-14(19(13)10-12)15-9-11(3)4/h7-8,10-11H,5-6,9H2,1-4H3,(H,15,17). The minimum atomic E-state index is 0.579. The second-order valence-electron chi connectivity index (χ2n) is 5.10. The molecule has 2 aromatic rings. The minimum absolute atomic E-state index is 0.579. The van der Waals surface area contributed by atoms with Gasteiger partial charge in [-0.15, -0.1) is 10.2 Å². The third-order valence-corrected chi connectivity index (χ3v) is 4.21. The van der Waals surface area contributed by atoms with Gasteiger partial charge in [-0.25, -0.2) is 4.31 Å². The van der Waals surface area contributed by atoms with Gasteiger partial charge in [-0.2, -0.15) is 0 Å². The molecule has 2 aromatic heterocycles. The molecule has 0 aliphatic heterocycles. The highest BCUT2D eigenvalue weighted by atomic mass is 32.2. The van der Waals surface area contributed by atoms with Gasteiger partial charge in [-0.3, -0.25) is 4.40 Å². The van der Waals surface area contributed by atoms with Crippen LogP contribution >= 0.6 is 11.9 Å². The predicted octanol–water partition coefficient (Wildman–Crippen LogP) is 3.15. The lowest BCUT2D eigenvalue weighted by atomic mass is 10.2. The number of nitrogens with one attached hydrogen (secondary N) is 1. The van der Waals surface area contributed by atoms with Gasteiger partial charge in [0.2, 0.25) is 5.95 Å². The average molecular weight is 293 g/mol. The monoisotopic (exact) mass is 293 g/mol. The summed E-state index contributed by atoms with van der Waals surface area (Å²) in [6.07, 6.45) is 2.10. The summed E-state index contributed by atoms with van der Waals surface area (Å²) in [6, 6.07) is 4.11. The van der Waals surface area contributed by atoms with Crippen molar-refractivity contribution in [1.29, 1.82) is 0 Å². The van der Waals surface area contributed by atoms with Crippen LogP contribution in [0.15, 0.2) is 23.2 Å². The average Bonchev–Trinajstić information content (AvgIpc) is 2.85. The first-order valence-electron chi connectivity index (χ1n) is 7.15. The number of anilines is 1. The van der Waals surface area contributed by atoms with Crippen molar-refractivity contribution in [3.8, 4) is 0 Å². The van der Waals surface area contributed by atoms with Gasteiger partial charge >= 0.3 is 0 Å². The number of hydrogen-bond acceptors (Lipinski definition) is 5. The summed E-state index contributed by atoms with van der Waals surface area (Å²) in [5, 5.41) is 11.7. The summed E-state index contributed by atoms with van der Waals surface area (Å²) in [5.41, 5.74) is 0.875. The first kappa shape index (κ1) is 15.1. The molecule has 20 heavy (non-hydrogen) atoms. The van der Waals surface area contributed by atoms with E-state index in [0.717, 1.165) is 31.2 Å². The smallest absolute Gasteiger partial charge is 0.229 e. The van der Waals surface area contributed by atoms with E-state index in [4.69, 9.17) is 0 Å². The minimum Gasteiger partial charge on any atom is -0.354 e. The molecule has 0 saturated carbocycles. The number of pyridine rings is 1. The fraction of sp³-hybridized carbons (Fsp3) is 0.571. The van der Waals surface area contributed by atoms with E-state index in [9.17, 15) is 0 Å². The van der Waals surface area contributed by atoms with E-state index in [2.05, 4.69) is 59.8 Å². The Labute approximate surface area is 124 Å². The molecule has 1 N–H and O–H groups in total. The van der Waals surface area contributed by atoms with Crippen molar-refractivity contribution >= 4 is 23.5 Å². The fourth-order valence-electron chi connectivity index (χ4n) is 1.84. The molecule has 2 heterocycles. The molecule has 0 bridgehead atoms. The Hall–Kier alpha value is -1.27. The summed E-state index contributed by atoms with van der Waals surface area (Å²) in [4.78, 5) is 1.20. The van der Waals surface area contributed by atoms with E-state index in [1.54, 1.807) is 11.9 Å². The molecule has 0 saturated heterocycles. The van der Waals surface area contributed by atoms with Crippen LogP contribution in [0.5, 0.6) is 0 Å². The topological polar surface area (TPSA) is 45.5 Å². The van der Waals surface area contributed by atoms with Crippen LogP contribution in [-0.2, 0) is 0 Å². The Balaban J connectivity index is 2.20. The van der Waals surface area contributed by atoms with Gasteiger partial charge in [-0.05, 0) is 30.0 Å². The molecule has 0 spiro atoms. The maximum atomic E-state index is 4.21. The SMILES string of the molecule is CCN(CC)Sc1ccc2nnc(NCC(C)C)n2c1. The van der Waals surface area contributed by atoms with Crippen molar-refractivity contribution in [2.75, 3.05) is 25.0 Å². The predicted molar refractivity (Wildman–Crippen MR) is 85.1 cm³/mol. The zero-order valence-electron chi connectivity index (χ0n) is 12.6. The molecular formula is C14H23N5S. The van der Waals surface area contributed by atoms with Crippen LogP contribution < -0.4 is 5.32 Å². The van der Waals surface area contributed by atoms with Crippen LogP contribution in [0.2, 0.25) is 0 Å². The van der Waals surface area contributed by atoms with Crippen molar-refractivity contribution in [2.45, 2.75) is 32.6 Å². The molecule has 0 aliphatic rings. The van der Waals surface area contributed by atoms with Gasteiger partial charge in [0, 0.05) is 30.7 Å². The highest BCUT2D eigenvalue weighted by molar-refractivity contribution is 7.97. The van der Waals surface area contributed by atoms with Crippen molar-refractivity contribution in [1.82, 2.24) is 18.9 Å². The fourth-order valence-corrected chi connectivity index (χ4v) is 2.68. The summed E-state index contributed by atoms with van der Waals surface area (Å²) < 4.78 is 4.33. The van der Waals surface area contributed by atoms with Crippen LogP contribution in [0.1, 0.15) is 27.7 Å². The van der Waals surface area contributed by atoms with Crippen LogP contribution in [0.3, 0.4) is 0 Å². The molecule has 0 radical (unpaired) electrons. The first-order valence-corrected chi connectivity index (χ1v) is 7.93. The maximum absolute atomic E-state index is 4.21. The maximum Gasteiger partial charge on any atom is 0.229 e. The van der Waals surface area contributed by atoms with Crippen molar-refractivity contribution in [2.24, 2.45) is 5.92 Å². The zero-order valence-corrected chi connectivity index (χ0v) is 13.4. The first-order chi connectivity index (χ1) is 9.63. The summed E-state index contributed by atoms with van der Waals surface area (Å²) in [6.45, 7) is 11.6. The Morgan fingerprint density at radius 1 is 1.25 bits per heavy atom. The molecule has 0 fully saturated rings. The Morgan fingerprint density at radius 2 is 2.00 bits per heavy atom. The molecule has 0 unspecified atom stereocenters. The number of rotatable bonds is 7. The van der Waals surface area contributed by atoms with Crippen LogP contribution in [0.25, 0.3) is 5.65 Å². The molecule has 0 aliphatic carbocycles. The van der Waals surface area contributed by atoms with Gasteiger partial charge in [0.05, 0.1) is 0 Å². The molecule has 2 rings (SSSR count). The van der Waals surface area contributed by atoms with Gasteiger partial charge in [0.1, 0.15) is 0 Å². The van der Waals surface area contributed by atoms with E-state index < -0.39 is 0 Å². The number of hydrogen-bond donors (Lipinski definition) is 1. The molecule has 6 heteroatoms. The Bertz CT molecular complexity index is 547. The third-order valence-electron chi connectivity index (χ3n) is 2.98. The Kier molecular flexibility index (Phi) is 5.25. The molecule has 0 amide bonds. The van der Waals surface area contributed by atoms with E-state index in [1.165, 1.54) is 4.90 Å². The normalized spacial score (nSPS) is 11.7. The second kappa shape index (κ2) is 6.95. The third kappa shape index (κ3) is 3.64. The van der Waals surface area contributed by atoms with E-state index in [0.29, 0.717) is 5.92 Å². The lowest BCUT2D eigenvalue weighted by Gasteiger charge is -2.16. The molecule has 0 atom stereocenters. The van der Waals surface area contributed by atoms with Gasteiger partial charge in [0.15, 0.2) is 5.65 Å². The quantitative estimate of drug-likeness (QED) is 0.795. The van der Waals surface area contributed by atoms with Gasteiger partial charge < -0.3 is 5.32 Å². The van der Waals surface area contributed by atoms with Crippen LogP contribution in [0, 0.1) is 5.92 Å². The van der Waals surface area contributed by atoms with Crippen molar-refractivity contribution in [3.63, 3.8) is 0 Å². The highest BCUT2D eigenvalue weighted by Crippen LogP contribution is 2.23. The van der Waals surface area contributed by atoms with Crippen LogP contribution in [-0.4, -0.2) is 38.5 Å². The van der Waals surface area contributed by atoms with E-state index in [-0.39, 0.29) is 0 Å². The van der Waals surface area contributed by atoms with Crippen LogP contribution in [0.4, 0.5) is 5.95 Å². The lowest BCUT2D eigenvalue weighted by molar-refractivity contribution is 0.525. The number of aromatic nitrogens is 3. The molecule has 0 aromatic carbocycles. The summed E-state index contributed by atoms with van der Waals surface area (Å²) in [7, 11) is 0. The Morgan fingerprint density at radius 3 is 2.65 bits per heavy atom. The zero-order chi connectivity index (χ0) is 14.5. The highest BCUT2D eigenvalue weighted by Gasteiger charge is 2.08. The lowest BCUT2D eigenvalue weighted by Crippen LogP contribution is -2.13. The van der Waals surface area contributed by atoms with Gasteiger partial charge in [-0.1, -0.05) is 27.7 Å². The van der Waals surface area contributed by atoms with Crippen molar-refractivity contribution < 1.29 is 0 Å². The van der Waals surface area contributed by atoms with Crippen molar-refractivity contribution in [3.05, 3.63) is 18.3 Å². The number of fused-ring (bicyclic) bond motifs is 1. The summed E-state index contributed by atoms with van der Waals surface area (Å²) >= 11 is 1.77. The summed E-state index contributed by atoms with van der Waals surface area (Å²) in [5.74, 6) is 1.39. The number of nitrogens with zero attached hydrogens (tertiary/aromatic N) is 4. The molecular weight excluding hydrogens is 270 g/mol. The van der Waals surface area contributed by atoms with E-state index >= 15 is 0 Å². The van der Waals surface area contributed by atoms with Gasteiger partial charge in [0.25, 0.3) is 0 Å². The second-order valence-corrected chi connectivity index (χ2v) is 6.27. The molecule has 5 nitrogen and oxygen atoms in total. The largest absolute Gasteiger partial charge is 0.354 e. The van der Waals surface area contributed by atoms with E-state index in [1.807, 2.05) is 10.5 Å². The molecule has 110 valence electrons.